The molecule has 0 saturated carbocycles. The smallest absolute Gasteiger partial charge is 0.270 e. The fraction of sp³-hybridized carbons (Fsp3) is 0.357. The van der Waals surface area contributed by atoms with Crippen LogP contribution < -0.4 is 5.32 Å². The van der Waals surface area contributed by atoms with Crippen LogP contribution >= 0.6 is 0 Å². The lowest BCUT2D eigenvalue weighted by Crippen LogP contribution is -2.67. The van der Waals surface area contributed by atoms with Gasteiger partial charge in [0.05, 0.1) is 11.1 Å². The van der Waals surface area contributed by atoms with Gasteiger partial charge in [-0.25, -0.2) is 8.78 Å². The standard InChI is InChI=1S/C14H12F2N2O3/c15-12(16)14(6-3-7-17-13(14)21)18-10(19)8-4-1-2-5-9(8)11(18)20/h1-2,4-5,12H,3,6-7H2,(H,17,21). The zero-order valence-electron chi connectivity index (χ0n) is 10.9. The number of imide groups is 1. The molecular weight excluding hydrogens is 282 g/mol. The van der Waals surface area contributed by atoms with Crippen LogP contribution in [0.5, 0.6) is 0 Å². The molecule has 5 nitrogen and oxygen atoms in total. The molecule has 2 aliphatic heterocycles. The Kier molecular flexibility index (Phi) is 3.00. The number of hydrogen-bond donors (Lipinski definition) is 1. The third kappa shape index (κ3) is 1.69. The summed E-state index contributed by atoms with van der Waals surface area (Å²) in [5, 5.41) is 2.33. The summed E-state index contributed by atoms with van der Waals surface area (Å²) in [6.45, 7) is 0.260. The minimum Gasteiger partial charge on any atom is -0.354 e. The van der Waals surface area contributed by atoms with Gasteiger partial charge in [0.1, 0.15) is 0 Å². The maximum Gasteiger partial charge on any atom is 0.270 e. The van der Waals surface area contributed by atoms with Crippen molar-refractivity contribution in [2.75, 3.05) is 6.54 Å². The highest BCUT2D eigenvalue weighted by molar-refractivity contribution is 6.23. The van der Waals surface area contributed by atoms with Gasteiger partial charge in [0.2, 0.25) is 0 Å². The summed E-state index contributed by atoms with van der Waals surface area (Å²) in [4.78, 5) is 37.2. The maximum absolute atomic E-state index is 13.6. The normalized spacial score (nSPS) is 25.3. The summed E-state index contributed by atoms with van der Waals surface area (Å²) in [7, 11) is 0. The van der Waals surface area contributed by atoms with Crippen molar-refractivity contribution in [1.82, 2.24) is 10.2 Å². The Morgan fingerprint density at radius 1 is 1.10 bits per heavy atom. The van der Waals surface area contributed by atoms with E-state index in [1.165, 1.54) is 12.1 Å². The summed E-state index contributed by atoms with van der Waals surface area (Å²) >= 11 is 0. The molecule has 1 atom stereocenters. The number of halogens is 2. The number of carbonyl (C=O) groups excluding carboxylic acids is 3. The predicted molar refractivity (Wildman–Crippen MR) is 67.9 cm³/mol. The Morgan fingerprint density at radius 3 is 2.14 bits per heavy atom. The van der Waals surface area contributed by atoms with Gasteiger partial charge in [-0.3, -0.25) is 19.3 Å². The van der Waals surface area contributed by atoms with Crippen molar-refractivity contribution in [3.63, 3.8) is 0 Å². The summed E-state index contributed by atoms with van der Waals surface area (Å²) in [6.07, 6.45) is -3.09. The van der Waals surface area contributed by atoms with Gasteiger partial charge < -0.3 is 5.32 Å². The van der Waals surface area contributed by atoms with Crippen LogP contribution in [-0.2, 0) is 4.79 Å². The highest BCUT2D eigenvalue weighted by Gasteiger charge is 2.59. The van der Waals surface area contributed by atoms with E-state index in [9.17, 15) is 23.2 Å². The summed E-state index contributed by atoms with van der Waals surface area (Å²) in [5.41, 5.74) is -2.30. The van der Waals surface area contributed by atoms with Crippen LogP contribution in [0.15, 0.2) is 24.3 Å². The Bertz CT molecular complexity index is 612. The fourth-order valence-corrected chi connectivity index (χ4v) is 2.90. The molecule has 1 unspecified atom stereocenters. The first kappa shape index (κ1) is 13.7. The van der Waals surface area contributed by atoms with Crippen molar-refractivity contribution < 1.29 is 23.2 Å². The van der Waals surface area contributed by atoms with Crippen molar-refractivity contribution in [3.8, 4) is 0 Å². The monoisotopic (exact) mass is 294 g/mol. The largest absolute Gasteiger partial charge is 0.354 e. The van der Waals surface area contributed by atoms with Gasteiger partial charge in [0.15, 0.2) is 5.54 Å². The van der Waals surface area contributed by atoms with Gasteiger partial charge >= 0.3 is 0 Å². The minimum absolute atomic E-state index is 0.0564. The molecule has 2 heterocycles. The molecule has 7 heteroatoms. The number of carbonyl (C=O) groups is 3. The fourth-order valence-electron chi connectivity index (χ4n) is 2.90. The number of fused-ring (bicyclic) bond motifs is 1. The average molecular weight is 294 g/mol. The van der Waals surface area contributed by atoms with Gasteiger partial charge in [0.25, 0.3) is 24.1 Å². The van der Waals surface area contributed by atoms with Gasteiger partial charge in [-0.1, -0.05) is 12.1 Å². The number of nitrogens with zero attached hydrogens (tertiary/aromatic N) is 1. The molecule has 1 N–H and O–H groups in total. The number of rotatable bonds is 2. The molecule has 3 rings (SSSR count). The summed E-state index contributed by atoms with van der Waals surface area (Å²) in [5.74, 6) is -2.65. The van der Waals surface area contributed by atoms with E-state index in [2.05, 4.69) is 5.32 Å². The SMILES string of the molecule is O=C1c2ccccc2C(=O)N1C1(C(F)F)CCCNC1=O. The third-order valence-corrected chi connectivity index (χ3v) is 3.97. The van der Waals surface area contributed by atoms with Crippen molar-refractivity contribution in [1.29, 1.82) is 0 Å². The Labute approximate surface area is 118 Å². The first-order valence-corrected chi connectivity index (χ1v) is 6.54. The van der Waals surface area contributed by atoms with Crippen LogP contribution in [-0.4, -0.2) is 41.1 Å². The molecule has 1 aromatic rings. The van der Waals surface area contributed by atoms with Crippen LogP contribution in [0.1, 0.15) is 33.6 Å². The lowest BCUT2D eigenvalue weighted by Gasteiger charge is -2.40. The molecule has 0 bridgehead atoms. The first-order valence-electron chi connectivity index (χ1n) is 6.54. The van der Waals surface area contributed by atoms with E-state index in [0.29, 0.717) is 4.90 Å². The van der Waals surface area contributed by atoms with Gasteiger partial charge in [-0.05, 0) is 25.0 Å². The Balaban J connectivity index is 2.13. The van der Waals surface area contributed by atoms with Crippen LogP contribution in [0, 0.1) is 0 Å². The van der Waals surface area contributed by atoms with Gasteiger partial charge in [0, 0.05) is 6.54 Å². The molecule has 1 saturated heterocycles. The van der Waals surface area contributed by atoms with E-state index in [0.717, 1.165) is 0 Å². The van der Waals surface area contributed by atoms with Crippen LogP contribution in [0.4, 0.5) is 8.78 Å². The molecule has 0 radical (unpaired) electrons. The van der Waals surface area contributed by atoms with Gasteiger partial charge in [-0.2, -0.15) is 0 Å². The van der Waals surface area contributed by atoms with E-state index in [1.54, 1.807) is 12.1 Å². The van der Waals surface area contributed by atoms with E-state index < -0.39 is 29.7 Å². The van der Waals surface area contributed by atoms with Crippen LogP contribution in [0.25, 0.3) is 0 Å². The number of benzene rings is 1. The number of piperidine rings is 1. The molecule has 0 spiro atoms. The molecule has 3 amide bonds. The van der Waals surface area contributed by atoms with Crippen molar-refractivity contribution in [2.45, 2.75) is 24.8 Å². The lowest BCUT2D eigenvalue weighted by atomic mass is 9.87. The number of amides is 3. The molecule has 2 aliphatic rings. The maximum atomic E-state index is 13.6. The summed E-state index contributed by atoms with van der Waals surface area (Å²) < 4.78 is 27.3. The van der Waals surface area contributed by atoms with Gasteiger partial charge in [-0.15, -0.1) is 0 Å². The van der Waals surface area contributed by atoms with Crippen LogP contribution in [0.2, 0.25) is 0 Å². The third-order valence-electron chi connectivity index (χ3n) is 3.97. The molecule has 1 aromatic carbocycles. The van der Waals surface area contributed by atoms with E-state index in [-0.39, 0.29) is 30.5 Å². The van der Waals surface area contributed by atoms with Crippen LogP contribution in [0.3, 0.4) is 0 Å². The van der Waals surface area contributed by atoms with Crippen molar-refractivity contribution in [3.05, 3.63) is 35.4 Å². The first-order chi connectivity index (χ1) is 10.00. The van der Waals surface area contributed by atoms with Crippen molar-refractivity contribution in [2.24, 2.45) is 0 Å². The molecule has 0 aliphatic carbocycles. The Morgan fingerprint density at radius 2 is 1.67 bits per heavy atom. The average Bonchev–Trinajstić information content (AvgIpc) is 2.73. The highest BCUT2D eigenvalue weighted by atomic mass is 19.3. The lowest BCUT2D eigenvalue weighted by molar-refractivity contribution is -0.143. The zero-order valence-corrected chi connectivity index (χ0v) is 10.9. The molecule has 21 heavy (non-hydrogen) atoms. The second-order valence-electron chi connectivity index (χ2n) is 5.08. The number of alkyl halides is 2. The molecule has 110 valence electrons. The van der Waals surface area contributed by atoms with Crippen molar-refractivity contribution >= 4 is 17.7 Å². The van der Waals surface area contributed by atoms with E-state index in [4.69, 9.17) is 0 Å². The Hall–Kier alpha value is -2.31. The molecule has 1 fully saturated rings. The number of hydrogen-bond acceptors (Lipinski definition) is 3. The second-order valence-corrected chi connectivity index (χ2v) is 5.08. The quantitative estimate of drug-likeness (QED) is 0.833. The van der Waals surface area contributed by atoms with E-state index >= 15 is 0 Å². The molecule has 0 aromatic heterocycles. The summed E-state index contributed by atoms with van der Waals surface area (Å²) in [6, 6.07) is 5.89. The minimum atomic E-state index is -3.14. The zero-order chi connectivity index (χ0) is 15.2. The molecular formula is C14H12F2N2O3. The number of nitrogens with one attached hydrogen (secondary N) is 1. The predicted octanol–water partition coefficient (Wildman–Crippen LogP) is 1.20. The second kappa shape index (κ2) is 4.61. The topological polar surface area (TPSA) is 66.5 Å². The highest BCUT2D eigenvalue weighted by Crippen LogP contribution is 2.37. The van der Waals surface area contributed by atoms with E-state index in [1.807, 2.05) is 0 Å².